The first kappa shape index (κ1) is 18.8. The molecular formula is C20H14ClF3N2O. The molecule has 27 heavy (non-hydrogen) atoms. The van der Waals surface area contributed by atoms with Crippen LogP contribution in [0, 0.1) is 0 Å². The molecule has 3 rings (SSSR count). The summed E-state index contributed by atoms with van der Waals surface area (Å²) in [6, 6.07) is 18.9. The number of halogens is 4. The van der Waals surface area contributed by atoms with Gasteiger partial charge in [-0.25, -0.2) is 0 Å². The summed E-state index contributed by atoms with van der Waals surface area (Å²) in [7, 11) is 0. The molecule has 3 aromatic carbocycles. The van der Waals surface area contributed by atoms with Crippen LogP contribution >= 0.6 is 11.6 Å². The van der Waals surface area contributed by atoms with Crippen molar-refractivity contribution in [2.45, 2.75) is 6.18 Å². The average molecular weight is 391 g/mol. The molecule has 3 nitrogen and oxygen atoms in total. The van der Waals surface area contributed by atoms with Gasteiger partial charge in [0.25, 0.3) is 0 Å². The fourth-order valence-electron chi connectivity index (χ4n) is 2.18. The third kappa shape index (κ3) is 5.49. The van der Waals surface area contributed by atoms with Crippen LogP contribution in [0.15, 0.2) is 77.9 Å². The van der Waals surface area contributed by atoms with Crippen molar-refractivity contribution < 1.29 is 17.9 Å². The van der Waals surface area contributed by atoms with E-state index < -0.39 is 11.7 Å². The minimum absolute atomic E-state index is 0.460. The topological polar surface area (TPSA) is 33.6 Å². The first-order valence-corrected chi connectivity index (χ1v) is 8.28. The third-order valence-corrected chi connectivity index (χ3v) is 3.80. The Labute approximate surface area is 159 Å². The zero-order chi connectivity index (χ0) is 19.3. The van der Waals surface area contributed by atoms with E-state index in [1.54, 1.807) is 42.6 Å². The predicted octanol–water partition coefficient (Wildman–Crippen LogP) is 6.60. The standard InChI is InChI=1S/C20H14ClF3N2O/c21-16-5-11-19(12-6-16)27-18-9-1-14(2-10-18)13-25-26-17-7-3-15(4-8-17)20(22,23)24/h1-13,26H. The van der Waals surface area contributed by atoms with E-state index in [0.29, 0.717) is 22.2 Å². The van der Waals surface area contributed by atoms with Crippen molar-refractivity contribution in [3.8, 4) is 11.5 Å². The Morgan fingerprint density at radius 2 is 1.37 bits per heavy atom. The molecule has 0 heterocycles. The summed E-state index contributed by atoms with van der Waals surface area (Å²) < 4.78 is 43.2. The average Bonchev–Trinajstić information content (AvgIpc) is 2.65. The fourth-order valence-corrected chi connectivity index (χ4v) is 2.30. The maximum absolute atomic E-state index is 12.5. The number of hydrogen-bond donors (Lipinski definition) is 1. The molecule has 138 valence electrons. The Morgan fingerprint density at radius 1 is 0.815 bits per heavy atom. The van der Waals surface area contributed by atoms with Crippen molar-refractivity contribution in [1.82, 2.24) is 0 Å². The normalized spacial score (nSPS) is 11.6. The predicted molar refractivity (Wildman–Crippen MR) is 101 cm³/mol. The number of rotatable bonds is 5. The molecule has 0 fully saturated rings. The van der Waals surface area contributed by atoms with Crippen molar-refractivity contribution in [2.24, 2.45) is 5.10 Å². The minimum atomic E-state index is -4.35. The van der Waals surface area contributed by atoms with Gasteiger partial charge in [0.1, 0.15) is 11.5 Å². The Kier molecular flexibility index (Phi) is 5.66. The summed E-state index contributed by atoms with van der Waals surface area (Å²) >= 11 is 5.83. The quantitative estimate of drug-likeness (QED) is 0.393. The number of nitrogens with one attached hydrogen (secondary N) is 1. The lowest BCUT2D eigenvalue weighted by atomic mass is 10.2. The minimum Gasteiger partial charge on any atom is -0.457 e. The van der Waals surface area contributed by atoms with Gasteiger partial charge in [-0.3, -0.25) is 5.43 Å². The van der Waals surface area contributed by atoms with E-state index in [9.17, 15) is 13.2 Å². The second-order valence-corrected chi connectivity index (χ2v) is 6.01. The van der Waals surface area contributed by atoms with Gasteiger partial charge in [0.2, 0.25) is 0 Å². The highest BCUT2D eigenvalue weighted by Crippen LogP contribution is 2.29. The van der Waals surface area contributed by atoms with Crippen LogP contribution in [0.4, 0.5) is 18.9 Å². The summed E-state index contributed by atoms with van der Waals surface area (Å²) in [5, 5.41) is 4.65. The van der Waals surface area contributed by atoms with Gasteiger partial charge in [-0.05, 0) is 78.4 Å². The van der Waals surface area contributed by atoms with E-state index in [0.717, 1.165) is 17.7 Å². The summed E-state index contributed by atoms with van der Waals surface area (Å²) in [6.07, 6.45) is -2.79. The molecule has 0 saturated heterocycles. The number of benzene rings is 3. The molecule has 0 saturated carbocycles. The van der Waals surface area contributed by atoms with Gasteiger partial charge < -0.3 is 4.74 Å². The van der Waals surface area contributed by atoms with E-state index in [1.807, 2.05) is 12.1 Å². The molecule has 0 aliphatic rings. The van der Waals surface area contributed by atoms with Crippen LogP contribution in [-0.2, 0) is 6.18 Å². The van der Waals surface area contributed by atoms with E-state index in [4.69, 9.17) is 16.3 Å². The smallest absolute Gasteiger partial charge is 0.416 e. The summed E-state index contributed by atoms with van der Waals surface area (Å²) in [6.45, 7) is 0. The van der Waals surface area contributed by atoms with Gasteiger partial charge in [0, 0.05) is 5.02 Å². The molecule has 0 spiro atoms. The fraction of sp³-hybridized carbons (Fsp3) is 0.0500. The maximum Gasteiger partial charge on any atom is 0.416 e. The van der Waals surface area contributed by atoms with Gasteiger partial charge in [-0.15, -0.1) is 0 Å². The van der Waals surface area contributed by atoms with Crippen molar-refractivity contribution in [3.63, 3.8) is 0 Å². The molecular weight excluding hydrogens is 377 g/mol. The van der Waals surface area contributed by atoms with Crippen molar-refractivity contribution in [3.05, 3.63) is 88.9 Å². The Bertz CT molecular complexity index is 906. The maximum atomic E-state index is 12.5. The number of hydrogen-bond acceptors (Lipinski definition) is 3. The lowest BCUT2D eigenvalue weighted by Gasteiger charge is -2.07. The Balaban J connectivity index is 1.57. The van der Waals surface area contributed by atoms with Gasteiger partial charge in [0.15, 0.2) is 0 Å². The monoisotopic (exact) mass is 390 g/mol. The Hall–Kier alpha value is -2.99. The highest BCUT2D eigenvalue weighted by Gasteiger charge is 2.29. The van der Waals surface area contributed by atoms with E-state index in [-0.39, 0.29) is 0 Å². The van der Waals surface area contributed by atoms with Gasteiger partial charge >= 0.3 is 6.18 Å². The highest BCUT2D eigenvalue weighted by atomic mass is 35.5. The molecule has 0 unspecified atom stereocenters. The van der Waals surface area contributed by atoms with Crippen LogP contribution in [0.1, 0.15) is 11.1 Å². The van der Waals surface area contributed by atoms with Gasteiger partial charge in [0.05, 0.1) is 17.5 Å². The molecule has 0 amide bonds. The number of alkyl halides is 3. The Morgan fingerprint density at radius 3 is 1.93 bits per heavy atom. The SMILES string of the molecule is FC(F)(F)c1ccc(NN=Cc2ccc(Oc3ccc(Cl)cc3)cc2)cc1. The van der Waals surface area contributed by atoms with Crippen LogP contribution < -0.4 is 10.2 Å². The summed E-state index contributed by atoms with van der Waals surface area (Å²) in [4.78, 5) is 0. The van der Waals surface area contributed by atoms with E-state index >= 15 is 0 Å². The first-order valence-electron chi connectivity index (χ1n) is 7.90. The van der Waals surface area contributed by atoms with Crippen LogP contribution in [0.2, 0.25) is 5.02 Å². The first-order chi connectivity index (χ1) is 12.9. The zero-order valence-electron chi connectivity index (χ0n) is 13.9. The molecule has 0 radical (unpaired) electrons. The highest BCUT2D eigenvalue weighted by molar-refractivity contribution is 6.30. The molecule has 0 aromatic heterocycles. The van der Waals surface area contributed by atoms with Crippen molar-refractivity contribution in [1.29, 1.82) is 0 Å². The summed E-state index contributed by atoms with van der Waals surface area (Å²) in [5.41, 5.74) is 3.25. The van der Waals surface area contributed by atoms with Crippen LogP contribution in [0.25, 0.3) is 0 Å². The van der Waals surface area contributed by atoms with E-state index in [2.05, 4.69) is 10.5 Å². The molecule has 3 aromatic rings. The second kappa shape index (κ2) is 8.14. The zero-order valence-corrected chi connectivity index (χ0v) is 14.6. The van der Waals surface area contributed by atoms with Crippen LogP contribution in [-0.4, -0.2) is 6.21 Å². The van der Waals surface area contributed by atoms with E-state index in [1.165, 1.54) is 12.1 Å². The second-order valence-electron chi connectivity index (χ2n) is 5.57. The van der Waals surface area contributed by atoms with Crippen LogP contribution in [0.5, 0.6) is 11.5 Å². The van der Waals surface area contributed by atoms with Gasteiger partial charge in [-0.2, -0.15) is 18.3 Å². The molecule has 1 N–H and O–H groups in total. The molecule has 7 heteroatoms. The van der Waals surface area contributed by atoms with Gasteiger partial charge in [-0.1, -0.05) is 11.6 Å². The molecule has 0 aliphatic heterocycles. The molecule has 0 bridgehead atoms. The molecule has 0 aliphatic carbocycles. The number of hydrazone groups is 1. The number of ether oxygens (including phenoxy) is 1. The van der Waals surface area contributed by atoms with Crippen molar-refractivity contribution >= 4 is 23.5 Å². The van der Waals surface area contributed by atoms with Crippen LogP contribution in [0.3, 0.4) is 0 Å². The lowest BCUT2D eigenvalue weighted by molar-refractivity contribution is -0.137. The lowest BCUT2D eigenvalue weighted by Crippen LogP contribution is -2.04. The van der Waals surface area contributed by atoms with Crippen molar-refractivity contribution in [2.75, 3.05) is 5.43 Å². The molecule has 0 atom stereocenters. The number of anilines is 1. The third-order valence-electron chi connectivity index (χ3n) is 3.55. The number of nitrogens with zero attached hydrogens (tertiary/aromatic N) is 1. The largest absolute Gasteiger partial charge is 0.457 e. The summed E-state index contributed by atoms with van der Waals surface area (Å²) in [5.74, 6) is 1.33.